The van der Waals surface area contributed by atoms with Crippen molar-refractivity contribution in [2.75, 3.05) is 51.2 Å². The predicted octanol–water partition coefficient (Wildman–Crippen LogP) is 1.80. The Labute approximate surface area is 172 Å². The van der Waals surface area contributed by atoms with Crippen LogP contribution in [0.2, 0.25) is 0 Å². The van der Waals surface area contributed by atoms with E-state index in [0.29, 0.717) is 0 Å². The molecule has 0 atom stereocenters. The van der Waals surface area contributed by atoms with Crippen LogP contribution in [0.5, 0.6) is 0 Å². The largest absolute Gasteiger partial charge is 0.355 e. The standard InChI is InChI=1S/C16H31N7S.HI/c1-6-13-20-15(24-21-13)23-11-9-22(10-12-23)14(17-5)18-7-8-19-16(2,3)4;/h19H,6-12H2,1-5H3,(H,17,18);1H. The fourth-order valence-corrected chi connectivity index (χ4v) is 3.37. The van der Waals surface area contributed by atoms with Crippen LogP contribution in [0.1, 0.15) is 33.5 Å². The van der Waals surface area contributed by atoms with E-state index in [9.17, 15) is 0 Å². The van der Waals surface area contributed by atoms with E-state index < -0.39 is 0 Å². The number of hydrogen-bond acceptors (Lipinski definition) is 6. The second-order valence-electron chi connectivity index (χ2n) is 6.97. The molecule has 0 unspecified atom stereocenters. The van der Waals surface area contributed by atoms with Gasteiger partial charge in [0.2, 0.25) is 5.13 Å². The smallest absolute Gasteiger partial charge is 0.205 e. The third-order valence-electron chi connectivity index (χ3n) is 3.90. The normalized spacial score (nSPS) is 16.0. The number of aromatic nitrogens is 2. The van der Waals surface area contributed by atoms with Crippen LogP contribution in [0, 0.1) is 0 Å². The number of nitrogens with one attached hydrogen (secondary N) is 2. The number of aryl methyl sites for hydroxylation is 1. The minimum Gasteiger partial charge on any atom is -0.355 e. The van der Waals surface area contributed by atoms with Gasteiger partial charge in [0.25, 0.3) is 0 Å². The molecule has 0 aliphatic carbocycles. The molecule has 1 saturated heterocycles. The van der Waals surface area contributed by atoms with Crippen molar-refractivity contribution in [1.82, 2.24) is 24.9 Å². The molecule has 1 aromatic heterocycles. The molecule has 2 heterocycles. The minimum absolute atomic E-state index is 0. The van der Waals surface area contributed by atoms with Gasteiger partial charge in [0.05, 0.1) is 0 Å². The molecule has 9 heteroatoms. The van der Waals surface area contributed by atoms with E-state index in [1.165, 1.54) is 11.5 Å². The van der Waals surface area contributed by atoms with Crippen molar-refractivity contribution in [3.05, 3.63) is 5.82 Å². The molecular formula is C16H32IN7S. The Balaban J connectivity index is 0.00000312. The second-order valence-corrected chi connectivity index (χ2v) is 7.70. The summed E-state index contributed by atoms with van der Waals surface area (Å²) in [7, 11) is 1.85. The lowest BCUT2D eigenvalue weighted by Gasteiger charge is -2.36. The van der Waals surface area contributed by atoms with E-state index in [-0.39, 0.29) is 29.5 Å². The summed E-state index contributed by atoms with van der Waals surface area (Å²) in [6, 6.07) is 0. The number of halogens is 1. The topological polar surface area (TPSA) is 68.7 Å². The number of piperazine rings is 1. The highest BCUT2D eigenvalue weighted by Gasteiger charge is 2.22. The lowest BCUT2D eigenvalue weighted by Crippen LogP contribution is -2.53. The Kier molecular flexibility index (Phi) is 9.36. The summed E-state index contributed by atoms with van der Waals surface area (Å²) >= 11 is 1.51. The minimum atomic E-state index is 0. The van der Waals surface area contributed by atoms with Gasteiger partial charge in [-0.2, -0.15) is 4.37 Å². The maximum absolute atomic E-state index is 4.59. The number of guanidine groups is 1. The van der Waals surface area contributed by atoms with E-state index >= 15 is 0 Å². The summed E-state index contributed by atoms with van der Waals surface area (Å²) in [5, 5.41) is 7.98. The first-order valence-electron chi connectivity index (χ1n) is 8.71. The van der Waals surface area contributed by atoms with Crippen molar-refractivity contribution < 1.29 is 0 Å². The molecule has 7 nitrogen and oxygen atoms in total. The van der Waals surface area contributed by atoms with Crippen LogP contribution in [-0.2, 0) is 6.42 Å². The van der Waals surface area contributed by atoms with Gasteiger partial charge in [-0.15, -0.1) is 24.0 Å². The first kappa shape index (κ1) is 22.4. The average Bonchev–Trinajstić information content (AvgIpc) is 3.03. The number of nitrogens with zero attached hydrogens (tertiary/aromatic N) is 5. The van der Waals surface area contributed by atoms with Crippen LogP contribution in [0.15, 0.2) is 4.99 Å². The maximum atomic E-state index is 4.59. The summed E-state index contributed by atoms with van der Waals surface area (Å²) in [5.74, 6) is 1.93. The van der Waals surface area contributed by atoms with Gasteiger partial charge in [-0.25, -0.2) is 4.98 Å². The van der Waals surface area contributed by atoms with Gasteiger partial charge in [-0.1, -0.05) is 6.92 Å². The van der Waals surface area contributed by atoms with Crippen LogP contribution in [0.3, 0.4) is 0 Å². The van der Waals surface area contributed by atoms with Gasteiger partial charge in [0.15, 0.2) is 5.96 Å². The van der Waals surface area contributed by atoms with E-state index in [2.05, 4.69) is 62.5 Å². The van der Waals surface area contributed by atoms with Crippen molar-refractivity contribution >= 4 is 46.6 Å². The summed E-state index contributed by atoms with van der Waals surface area (Å²) in [5.41, 5.74) is 0.149. The molecule has 144 valence electrons. The lowest BCUT2D eigenvalue weighted by molar-refractivity contribution is 0.369. The molecule has 0 radical (unpaired) electrons. The van der Waals surface area contributed by atoms with Crippen molar-refractivity contribution in [3.8, 4) is 0 Å². The number of anilines is 1. The highest BCUT2D eigenvalue weighted by atomic mass is 127. The number of rotatable bonds is 5. The van der Waals surface area contributed by atoms with Crippen LogP contribution in [0.25, 0.3) is 0 Å². The zero-order valence-electron chi connectivity index (χ0n) is 16.0. The molecule has 2 rings (SSSR count). The van der Waals surface area contributed by atoms with E-state index in [4.69, 9.17) is 0 Å². The summed E-state index contributed by atoms with van der Waals surface area (Å²) in [6.07, 6.45) is 0.898. The average molecular weight is 481 g/mol. The predicted molar refractivity (Wildman–Crippen MR) is 118 cm³/mol. The van der Waals surface area contributed by atoms with Crippen LogP contribution >= 0.6 is 35.5 Å². The van der Waals surface area contributed by atoms with Gasteiger partial charge in [-0.3, -0.25) is 4.99 Å². The highest BCUT2D eigenvalue weighted by Crippen LogP contribution is 2.19. The molecule has 1 fully saturated rings. The monoisotopic (exact) mass is 481 g/mol. The fraction of sp³-hybridized carbons (Fsp3) is 0.812. The first-order chi connectivity index (χ1) is 11.4. The van der Waals surface area contributed by atoms with Crippen molar-refractivity contribution in [2.24, 2.45) is 4.99 Å². The van der Waals surface area contributed by atoms with Gasteiger partial charge in [0.1, 0.15) is 5.82 Å². The Morgan fingerprint density at radius 1 is 1.20 bits per heavy atom. The molecule has 2 N–H and O–H groups in total. The van der Waals surface area contributed by atoms with Crippen molar-refractivity contribution in [2.45, 2.75) is 39.7 Å². The molecule has 1 aromatic rings. The molecule has 0 saturated carbocycles. The van der Waals surface area contributed by atoms with Gasteiger partial charge in [-0.05, 0) is 20.8 Å². The SMILES string of the molecule is CCc1nsc(N2CCN(C(=NC)NCCNC(C)(C)C)CC2)n1.I. The molecule has 1 aliphatic heterocycles. The van der Waals surface area contributed by atoms with Crippen LogP contribution < -0.4 is 15.5 Å². The molecule has 25 heavy (non-hydrogen) atoms. The molecule has 1 aliphatic rings. The first-order valence-corrected chi connectivity index (χ1v) is 9.48. The zero-order chi connectivity index (χ0) is 17.6. The summed E-state index contributed by atoms with van der Waals surface area (Å²) in [4.78, 5) is 13.6. The molecule has 0 bridgehead atoms. The zero-order valence-corrected chi connectivity index (χ0v) is 19.1. The van der Waals surface area contributed by atoms with Crippen molar-refractivity contribution in [1.29, 1.82) is 0 Å². The molecular weight excluding hydrogens is 449 g/mol. The third kappa shape index (κ3) is 7.22. The van der Waals surface area contributed by atoms with Gasteiger partial charge < -0.3 is 20.4 Å². The van der Waals surface area contributed by atoms with Gasteiger partial charge in [0, 0.05) is 69.8 Å². The number of aliphatic imine (C=N–C) groups is 1. The van der Waals surface area contributed by atoms with E-state index in [0.717, 1.165) is 62.6 Å². The fourth-order valence-electron chi connectivity index (χ4n) is 2.57. The quantitative estimate of drug-likeness (QED) is 0.290. The Hall–Kier alpha value is -0.680. The highest BCUT2D eigenvalue weighted by molar-refractivity contribution is 14.0. The summed E-state index contributed by atoms with van der Waals surface area (Å²) in [6.45, 7) is 14.2. The second kappa shape index (κ2) is 10.5. The van der Waals surface area contributed by atoms with Gasteiger partial charge >= 0.3 is 0 Å². The number of hydrogen-bond donors (Lipinski definition) is 2. The van der Waals surface area contributed by atoms with E-state index in [1.807, 2.05) is 7.05 Å². The Bertz CT molecular complexity index is 533. The third-order valence-corrected chi connectivity index (χ3v) is 4.71. The van der Waals surface area contributed by atoms with Crippen molar-refractivity contribution in [3.63, 3.8) is 0 Å². The Morgan fingerprint density at radius 3 is 2.40 bits per heavy atom. The lowest BCUT2D eigenvalue weighted by atomic mass is 10.1. The molecule has 0 spiro atoms. The Morgan fingerprint density at radius 2 is 1.88 bits per heavy atom. The van der Waals surface area contributed by atoms with E-state index in [1.54, 1.807) is 0 Å². The molecule has 0 aromatic carbocycles. The van der Waals surface area contributed by atoms with Crippen LogP contribution in [-0.4, -0.2) is 72.1 Å². The summed E-state index contributed by atoms with van der Waals surface area (Å²) < 4.78 is 4.38. The maximum Gasteiger partial charge on any atom is 0.205 e. The molecule has 0 amide bonds. The van der Waals surface area contributed by atoms with Crippen LogP contribution in [0.4, 0.5) is 5.13 Å².